The molecule has 8 heteroatoms. The van der Waals surface area contributed by atoms with Gasteiger partial charge in [-0.05, 0) is 67.3 Å². The number of ether oxygens (including phenoxy) is 2. The van der Waals surface area contributed by atoms with Crippen molar-refractivity contribution in [3.8, 4) is 5.75 Å². The molecule has 2 aromatic rings. The zero-order valence-electron chi connectivity index (χ0n) is 17.5. The number of piperidine rings is 1. The highest BCUT2D eigenvalue weighted by atomic mass is 16.5. The number of primary amides is 1. The third-order valence-electron chi connectivity index (χ3n) is 5.11. The lowest BCUT2D eigenvalue weighted by molar-refractivity contribution is -0.120. The van der Waals surface area contributed by atoms with Crippen molar-refractivity contribution in [1.29, 1.82) is 0 Å². The summed E-state index contributed by atoms with van der Waals surface area (Å²) < 4.78 is 10.2. The van der Waals surface area contributed by atoms with Gasteiger partial charge in [0.15, 0.2) is 13.2 Å². The standard InChI is InChI=1S/C23H27N3O5/c1-16-10-12-26(13-11-16)19-6-4-18(5-7-19)25-22(28)15-31-23(29)17-2-8-20(9-3-17)30-14-21(24)27/h2-9,16H,10-15H2,1H3,(H2,24,27)(H,25,28). The highest BCUT2D eigenvalue weighted by molar-refractivity contribution is 5.95. The summed E-state index contributed by atoms with van der Waals surface area (Å²) in [5, 5.41) is 2.72. The maximum absolute atomic E-state index is 12.1. The van der Waals surface area contributed by atoms with E-state index in [0.717, 1.165) is 24.7 Å². The van der Waals surface area contributed by atoms with Crippen LogP contribution in [-0.2, 0) is 14.3 Å². The Morgan fingerprint density at radius 2 is 1.65 bits per heavy atom. The van der Waals surface area contributed by atoms with Crippen molar-refractivity contribution in [2.45, 2.75) is 19.8 Å². The van der Waals surface area contributed by atoms with Crippen molar-refractivity contribution >= 4 is 29.2 Å². The maximum Gasteiger partial charge on any atom is 0.338 e. The molecule has 8 nitrogen and oxygen atoms in total. The molecule has 164 valence electrons. The molecule has 0 saturated carbocycles. The summed E-state index contributed by atoms with van der Waals surface area (Å²) in [6, 6.07) is 13.7. The Morgan fingerprint density at radius 1 is 1.00 bits per heavy atom. The first-order chi connectivity index (χ1) is 14.9. The summed E-state index contributed by atoms with van der Waals surface area (Å²) in [6.45, 7) is 3.72. The van der Waals surface area contributed by atoms with E-state index >= 15 is 0 Å². The molecule has 0 radical (unpaired) electrons. The molecular formula is C23H27N3O5. The van der Waals surface area contributed by atoms with E-state index in [-0.39, 0.29) is 12.2 Å². The van der Waals surface area contributed by atoms with Crippen LogP contribution in [-0.4, -0.2) is 44.1 Å². The molecule has 0 bridgehead atoms. The monoisotopic (exact) mass is 425 g/mol. The summed E-state index contributed by atoms with van der Waals surface area (Å²) in [5.74, 6) is -0.480. The third-order valence-corrected chi connectivity index (χ3v) is 5.11. The third kappa shape index (κ3) is 6.74. The predicted octanol–water partition coefficient (Wildman–Crippen LogP) is 2.58. The smallest absolute Gasteiger partial charge is 0.338 e. The number of nitrogens with one attached hydrogen (secondary N) is 1. The van der Waals surface area contributed by atoms with Gasteiger partial charge in [0.05, 0.1) is 5.56 Å². The topological polar surface area (TPSA) is 111 Å². The van der Waals surface area contributed by atoms with Gasteiger partial charge in [0, 0.05) is 24.5 Å². The molecule has 0 aliphatic carbocycles. The summed E-state index contributed by atoms with van der Waals surface area (Å²) in [6.07, 6.45) is 2.37. The second kappa shape index (κ2) is 10.5. The van der Waals surface area contributed by atoms with Gasteiger partial charge in [-0.1, -0.05) is 6.92 Å². The number of carbonyl (C=O) groups is 3. The minimum Gasteiger partial charge on any atom is -0.484 e. The Balaban J connectivity index is 1.44. The number of amides is 2. The predicted molar refractivity (Wildman–Crippen MR) is 117 cm³/mol. The molecule has 31 heavy (non-hydrogen) atoms. The Labute approximate surface area is 181 Å². The second-order valence-electron chi connectivity index (χ2n) is 7.62. The molecule has 0 spiro atoms. The number of hydrogen-bond donors (Lipinski definition) is 2. The first kappa shape index (κ1) is 22.1. The van der Waals surface area contributed by atoms with Gasteiger partial charge in [0.2, 0.25) is 0 Å². The molecule has 2 aromatic carbocycles. The molecule has 0 atom stereocenters. The van der Waals surface area contributed by atoms with E-state index in [2.05, 4.69) is 17.1 Å². The van der Waals surface area contributed by atoms with Gasteiger partial charge in [-0.15, -0.1) is 0 Å². The fraction of sp³-hybridized carbons (Fsp3) is 0.348. The fourth-order valence-corrected chi connectivity index (χ4v) is 3.28. The van der Waals surface area contributed by atoms with E-state index in [1.54, 1.807) is 0 Å². The molecule has 1 saturated heterocycles. The number of nitrogens with two attached hydrogens (primary N) is 1. The van der Waals surface area contributed by atoms with Crippen LogP contribution in [0.1, 0.15) is 30.1 Å². The highest BCUT2D eigenvalue weighted by Gasteiger charge is 2.16. The number of nitrogens with zero attached hydrogens (tertiary/aromatic N) is 1. The first-order valence-corrected chi connectivity index (χ1v) is 10.2. The number of esters is 1. The molecule has 1 heterocycles. The van der Waals surface area contributed by atoms with Crippen molar-refractivity contribution in [2.24, 2.45) is 11.7 Å². The summed E-state index contributed by atoms with van der Waals surface area (Å²) in [5.41, 5.74) is 7.06. The van der Waals surface area contributed by atoms with Gasteiger partial charge in [0.25, 0.3) is 11.8 Å². The molecule has 1 aliphatic heterocycles. The van der Waals surface area contributed by atoms with E-state index in [1.165, 1.54) is 37.1 Å². The molecular weight excluding hydrogens is 398 g/mol. The average Bonchev–Trinajstić information content (AvgIpc) is 2.77. The largest absolute Gasteiger partial charge is 0.484 e. The van der Waals surface area contributed by atoms with E-state index < -0.39 is 24.4 Å². The summed E-state index contributed by atoms with van der Waals surface area (Å²) >= 11 is 0. The second-order valence-corrected chi connectivity index (χ2v) is 7.62. The van der Waals surface area contributed by atoms with Gasteiger partial charge in [-0.25, -0.2) is 4.79 Å². The van der Waals surface area contributed by atoms with Crippen molar-refractivity contribution in [3.63, 3.8) is 0 Å². The fourth-order valence-electron chi connectivity index (χ4n) is 3.28. The Kier molecular flexibility index (Phi) is 7.48. The van der Waals surface area contributed by atoms with Crippen molar-refractivity contribution < 1.29 is 23.9 Å². The molecule has 3 rings (SSSR count). The quantitative estimate of drug-likeness (QED) is 0.629. The van der Waals surface area contributed by atoms with E-state index in [9.17, 15) is 14.4 Å². The molecule has 0 aromatic heterocycles. The summed E-state index contributed by atoms with van der Waals surface area (Å²) in [7, 11) is 0. The Morgan fingerprint density at radius 3 is 2.26 bits per heavy atom. The molecule has 1 aliphatic rings. The van der Waals surface area contributed by atoms with Crippen LogP contribution in [0.4, 0.5) is 11.4 Å². The van der Waals surface area contributed by atoms with Crippen LogP contribution in [0.3, 0.4) is 0 Å². The van der Waals surface area contributed by atoms with Crippen LogP contribution in [0, 0.1) is 5.92 Å². The van der Waals surface area contributed by atoms with E-state index in [1.807, 2.05) is 24.3 Å². The van der Waals surface area contributed by atoms with Crippen molar-refractivity contribution in [3.05, 3.63) is 54.1 Å². The Hall–Kier alpha value is -3.55. The lowest BCUT2D eigenvalue weighted by Gasteiger charge is -2.32. The number of benzene rings is 2. The lowest BCUT2D eigenvalue weighted by Crippen LogP contribution is -2.32. The minimum atomic E-state index is -0.633. The number of rotatable bonds is 8. The van der Waals surface area contributed by atoms with Crippen LogP contribution in [0.25, 0.3) is 0 Å². The van der Waals surface area contributed by atoms with Crippen molar-refractivity contribution in [1.82, 2.24) is 0 Å². The summed E-state index contributed by atoms with van der Waals surface area (Å²) in [4.78, 5) is 37.3. The van der Waals surface area contributed by atoms with Crippen LogP contribution in [0.5, 0.6) is 5.75 Å². The first-order valence-electron chi connectivity index (χ1n) is 10.2. The van der Waals surface area contributed by atoms with Gasteiger partial charge >= 0.3 is 5.97 Å². The molecule has 2 amide bonds. The minimum absolute atomic E-state index is 0.248. The van der Waals surface area contributed by atoms with Crippen LogP contribution in [0.2, 0.25) is 0 Å². The average molecular weight is 425 g/mol. The van der Waals surface area contributed by atoms with Gasteiger partial charge in [0.1, 0.15) is 5.75 Å². The molecule has 3 N–H and O–H groups in total. The maximum atomic E-state index is 12.1. The van der Waals surface area contributed by atoms with Gasteiger partial charge < -0.3 is 25.4 Å². The SMILES string of the molecule is CC1CCN(c2ccc(NC(=O)COC(=O)c3ccc(OCC(N)=O)cc3)cc2)CC1. The zero-order valence-corrected chi connectivity index (χ0v) is 17.5. The van der Waals surface area contributed by atoms with E-state index in [4.69, 9.17) is 15.2 Å². The van der Waals surface area contributed by atoms with Gasteiger partial charge in [-0.3, -0.25) is 9.59 Å². The number of anilines is 2. The van der Waals surface area contributed by atoms with Crippen LogP contribution in [0.15, 0.2) is 48.5 Å². The van der Waals surface area contributed by atoms with E-state index in [0.29, 0.717) is 11.4 Å². The van der Waals surface area contributed by atoms with Crippen LogP contribution < -0.4 is 20.7 Å². The van der Waals surface area contributed by atoms with Gasteiger partial charge in [-0.2, -0.15) is 0 Å². The lowest BCUT2D eigenvalue weighted by atomic mass is 9.99. The van der Waals surface area contributed by atoms with Crippen molar-refractivity contribution in [2.75, 3.05) is 36.5 Å². The normalized spacial score (nSPS) is 14.0. The zero-order chi connectivity index (χ0) is 22.2. The highest BCUT2D eigenvalue weighted by Crippen LogP contribution is 2.24. The molecule has 1 fully saturated rings. The Bertz CT molecular complexity index is 904. The number of hydrogen-bond acceptors (Lipinski definition) is 6. The molecule has 0 unspecified atom stereocenters. The number of carbonyl (C=O) groups excluding carboxylic acids is 3. The van der Waals surface area contributed by atoms with Crippen LogP contribution >= 0.6 is 0 Å².